The molecule has 4 rings (SSSR count). The minimum Gasteiger partial charge on any atom is -0.507 e. The zero-order valence-electron chi connectivity index (χ0n) is 20.0. The third-order valence-corrected chi connectivity index (χ3v) is 5.89. The number of nitrogens with zero attached hydrogens (tertiary/aromatic N) is 2. The van der Waals surface area contributed by atoms with Gasteiger partial charge in [-0.15, -0.1) is 0 Å². The number of nitriles is 1. The molecule has 3 aromatic rings. The highest BCUT2D eigenvalue weighted by Gasteiger charge is 2.48. The predicted octanol–water partition coefficient (Wildman–Crippen LogP) is 4.60. The molecule has 0 bridgehead atoms. The van der Waals surface area contributed by atoms with Gasteiger partial charge in [0.05, 0.1) is 44.1 Å². The molecule has 0 aliphatic carbocycles. The van der Waals surface area contributed by atoms with E-state index < -0.39 is 17.7 Å². The Kier molecular flexibility index (Phi) is 6.93. The monoisotopic (exact) mass is 484 g/mol. The number of carbonyl (C=O) groups is 2. The molecular weight excluding hydrogens is 460 g/mol. The van der Waals surface area contributed by atoms with Crippen molar-refractivity contribution in [2.75, 3.05) is 25.7 Å². The molecule has 1 aliphatic rings. The minimum atomic E-state index is -1.02. The van der Waals surface area contributed by atoms with Gasteiger partial charge in [-0.05, 0) is 61.5 Å². The lowest BCUT2D eigenvalue weighted by atomic mass is 9.94. The summed E-state index contributed by atoms with van der Waals surface area (Å²) in [7, 11) is 2.95. The third-order valence-electron chi connectivity index (χ3n) is 5.89. The second kappa shape index (κ2) is 10.2. The number of hydrogen-bond acceptors (Lipinski definition) is 7. The van der Waals surface area contributed by atoms with Gasteiger partial charge >= 0.3 is 0 Å². The van der Waals surface area contributed by atoms with Crippen LogP contribution in [0.3, 0.4) is 0 Å². The lowest BCUT2D eigenvalue weighted by Crippen LogP contribution is -2.29. The first-order valence-corrected chi connectivity index (χ1v) is 11.2. The molecule has 1 saturated heterocycles. The van der Waals surface area contributed by atoms with Crippen LogP contribution in [0.5, 0.6) is 17.2 Å². The third kappa shape index (κ3) is 4.23. The second-order valence-corrected chi connectivity index (χ2v) is 7.87. The molecule has 36 heavy (non-hydrogen) atoms. The summed E-state index contributed by atoms with van der Waals surface area (Å²) in [4.78, 5) is 28.0. The molecular formula is C28H24N2O6. The van der Waals surface area contributed by atoms with Gasteiger partial charge in [-0.2, -0.15) is 5.26 Å². The van der Waals surface area contributed by atoms with Gasteiger partial charge in [-0.1, -0.05) is 12.1 Å². The van der Waals surface area contributed by atoms with Gasteiger partial charge in [0, 0.05) is 16.8 Å². The highest BCUT2D eigenvalue weighted by atomic mass is 16.5. The summed E-state index contributed by atoms with van der Waals surface area (Å²) in [6, 6.07) is 19.0. The molecule has 8 nitrogen and oxygen atoms in total. The van der Waals surface area contributed by atoms with E-state index in [2.05, 4.69) is 0 Å². The van der Waals surface area contributed by atoms with Gasteiger partial charge in [-0.25, -0.2) is 0 Å². The molecule has 1 aliphatic heterocycles. The Labute approximate surface area is 208 Å². The molecule has 0 saturated carbocycles. The lowest BCUT2D eigenvalue weighted by Gasteiger charge is -2.27. The Morgan fingerprint density at radius 2 is 1.69 bits per heavy atom. The zero-order chi connectivity index (χ0) is 25.8. The van der Waals surface area contributed by atoms with Gasteiger partial charge in [0.1, 0.15) is 11.5 Å². The van der Waals surface area contributed by atoms with Gasteiger partial charge < -0.3 is 19.3 Å². The van der Waals surface area contributed by atoms with Crippen LogP contribution >= 0.6 is 0 Å². The van der Waals surface area contributed by atoms with Gasteiger partial charge in [0.25, 0.3) is 11.7 Å². The Balaban J connectivity index is 1.96. The van der Waals surface area contributed by atoms with E-state index in [-0.39, 0.29) is 11.3 Å². The maximum Gasteiger partial charge on any atom is 0.300 e. The molecule has 0 aromatic heterocycles. The van der Waals surface area contributed by atoms with Crippen molar-refractivity contribution in [3.63, 3.8) is 0 Å². The number of amides is 1. The molecule has 1 atom stereocenters. The normalized spacial score (nSPS) is 16.5. The number of hydrogen-bond donors (Lipinski definition) is 1. The first-order chi connectivity index (χ1) is 17.4. The highest BCUT2D eigenvalue weighted by Crippen LogP contribution is 2.47. The number of rotatable bonds is 7. The molecule has 3 aromatic carbocycles. The minimum absolute atomic E-state index is 0.0972. The van der Waals surface area contributed by atoms with Crippen LogP contribution in [-0.2, 0) is 9.59 Å². The summed E-state index contributed by atoms with van der Waals surface area (Å²) in [5.41, 5.74) is 1.49. The predicted molar refractivity (Wildman–Crippen MR) is 133 cm³/mol. The average molecular weight is 485 g/mol. The number of ketones is 1. The van der Waals surface area contributed by atoms with Crippen LogP contribution in [0.15, 0.2) is 72.3 Å². The maximum absolute atomic E-state index is 13.4. The van der Waals surface area contributed by atoms with E-state index in [0.717, 1.165) is 0 Å². The van der Waals surface area contributed by atoms with Crippen molar-refractivity contribution < 1.29 is 28.9 Å². The van der Waals surface area contributed by atoms with E-state index in [1.54, 1.807) is 66.7 Å². The summed E-state index contributed by atoms with van der Waals surface area (Å²) >= 11 is 0. The summed E-state index contributed by atoms with van der Waals surface area (Å²) in [6.45, 7) is 2.34. The Hall–Kier alpha value is -4.77. The summed E-state index contributed by atoms with van der Waals surface area (Å²) in [5, 5.41) is 20.5. The van der Waals surface area contributed by atoms with E-state index in [0.29, 0.717) is 46.2 Å². The molecule has 182 valence electrons. The number of methoxy groups -OCH3 is 2. The summed E-state index contributed by atoms with van der Waals surface area (Å²) in [6.07, 6.45) is 0. The zero-order valence-corrected chi connectivity index (χ0v) is 20.0. The van der Waals surface area contributed by atoms with E-state index in [4.69, 9.17) is 14.2 Å². The van der Waals surface area contributed by atoms with Crippen LogP contribution in [0.4, 0.5) is 5.69 Å². The quantitative estimate of drug-likeness (QED) is 0.297. The van der Waals surface area contributed by atoms with Crippen molar-refractivity contribution in [3.8, 4) is 23.3 Å². The summed E-state index contributed by atoms with van der Waals surface area (Å²) in [5.74, 6) is -0.659. The molecule has 0 spiro atoms. The van der Waals surface area contributed by atoms with Crippen LogP contribution in [0.2, 0.25) is 0 Å². The van der Waals surface area contributed by atoms with Gasteiger partial charge in [0.2, 0.25) is 0 Å². The second-order valence-electron chi connectivity index (χ2n) is 7.87. The molecule has 1 amide bonds. The maximum atomic E-state index is 13.4. The number of Topliss-reactive ketones (excluding diaryl/α,β-unsaturated/α-hetero) is 1. The topological polar surface area (TPSA) is 109 Å². The first-order valence-electron chi connectivity index (χ1n) is 11.2. The van der Waals surface area contributed by atoms with Crippen LogP contribution in [0.1, 0.15) is 29.7 Å². The van der Waals surface area contributed by atoms with Crippen molar-refractivity contribution >= 4 is 23.1 Å². The molecule has 8 heteroatoms. The Morgan fingerprint density at radius 1 is 1.00 bits per heavy atom. The van der Waals surface area contributed by atoms with Crippen molar-refractivity contribution in [2.24, 2.45) is 0 Å². The van der Waals surface area contributed by atoms with Crippen LogP contribution < -0.4 is 19.1 Å². The van der Waals surface area contributed by atoms with Crippen molar-refractivity contribution in [3.05, 3.63) is 89.0 Å². The van der Waals surface area contributed by atoms with Crippen LogP contribution in [0, 0.1) is 11.3 Å². The average Bonchev–Trinajstić information content (AvgIpc) is 3.18. The fourth-order valence-electron chi connectivity index (χ4n) is 4.25. The molecule has 1 unspecified atom stereocenters. The number of carbonyl (C=O) groups excluding carboxylic acids is 2. The summed E-state index contributed by atoms with van der Waals surface area (Å²) < 4.78 is 16.5. The number of para-hydroxylation sites is 1. The number of aliphatic hydroxyl groups excluding tert-OH is 1. The molecule has 1 heterocycles. The van der Waals surface area contributed by atoms with E-state index in [9.17, 15) is 20.0 Å². The highest BCUT2D eigenvalue weighted by molar-refractivity contribution is 6.51. The number of ether oxygens (including phenoxy) is 3. The largest absolute Gasteiger partial charge is 0.507 e. The standard InChI is InChI=1S/C28H24N2O6/c1-4-36-20-14-10-18(11-15-20)25(31)23-24(21-6-5-7-22(34-2)27(21)35-3)30(28(33)26(23)32)19-12-8-17(16-29)9-13-19/h5-15,24,31H,4H2,1-3H3/b25-23-. The smallest absolute Gasteiger partial charge is 0.300 e. The van der Waals surface area contributed by atoms with E-state index >= 15 is 0 Å². The fraction of sp³-hybridized carbons (Fsp3) is 0.179. The molecule has 1 fully saturated rings. The van der Waals surface area contributed by atoms with Gasteiger partial charge in [-0.3, -0.25) is 14.5 Å². The Bertz CT molecular complexity index is 1370. The van der Waals surface area contributed by atoms with Crippen LogP contribution in [-0.4, -0.2) is 37.6 Å². The lowest BCUT2D eigenvalue weighted by molar-refractivity contribution is -0.132. The molecule has 0 radical (unpaired) electrons. The van der Waals surface area contributed by atoms with Crippen molar-refractivity contribution in [1.82, 2.24) is 0 Å². The molecule has 1 N–H and O–H groups in total. The number of benzene rings is 3. The number of anilines is 1. The number of aliphatic hydroxyl groups is 1. The van der Waals surface area contributed by atoms with E-state index in [1.807, 2.05) is 13.0 Å². The Morgan fingerprint density at radius 3 is 2.28 bits per heavy atom. The van der Waals surface area contributed by atoms with Gasteiger partial charge in [0.15, 0.2) is 11.5 Å². The SMILES string of the molecule is CCOc1ccc(/C(O)=C2/C(=O)C(=O)N(c3ccc(C#N)cc3)C2c2cccc(OC)c2OC)cc1. The van der Waals surface area contributed by atoms with Crippen molar-refractivity contribution in [1.29, 1.82) is 5.26 Å². The van der Waals surface area contributed by atoms with Crippen LogP contribution in [0.25, 0.3) is 5.76 Å². The van der Waals surface area contributed by atoms with E-state index in [1.165, 1.54) is 19.1 Å². The van der Waals surface area contributed by atoms with Crippen molar-refractivity contribution in [2.45, 2.75) is 13.0 Å². The first kappa shape index (κ1) is 24.4. The fourth-order valence-corrected chi connectivity index (χ4v) is 4.25.